The number of carbonyl (C=O) groups excluding carboxylic acids is 1. The van der Waals surface area contributed by atoms with Crippen LogP contribution in [-0.4, -0.2) is 29.0 Å². The average Bonchev–Trinajstić information content (AvgIpc) is 3.10. The summed E-state index contributed by atoms with van der Waals surface area (Å²) in [5.74, 6) is 1.63. The SMILES string of the molecule is Cc1nn(C)c(C)c1CCC(=O)NCCc1ccc2c(c1)OCO2. The molecule has 1 aromatic heterocycles. The maximum Gasteiger partial charge on any atom is 0.231 e. The molecule has 1 N–H and O–H groups in total. The fourth-order valence-electron chi connectivity index (χ4n) is 2.95. The van der Waals surface area contributed by atoms with Crippen LogP contribution in [0, 0.1) is 13.8 Å². The predicted molar refractivity (Wildman–Crippen MR) is 90.3 cm³/mol. The minimum Gasteiger partial charge on any atom is -0.454 e. The molecular formula is C18H23N3O3. The minimum atomic E-state index is 0.0680. The van der Waals surface area contributed by atoms with Gasteiger partial charge < -0.3 is 14.8 Å². The van der Waals surface area contributed by atoms with Crippen molar-refractivity contribution >= 4 is 5.91 Å². The van der Waals surface area contributed by atoms with Gasteiger partial charge in [-0.15, -0.1) is 0 Å². The largest absolute Gasteiger partial charge is 0.454 e. The van der Waals surface area contributed by atoms with E-state index in [1.165, 1.54) is 5.56 Å². The lowest BCUT2D eigenvalue weighted by molar-refractivity contribution is -0.121. The van der Waals surface area contributed by atoms with Gasteiger partial charge in [0.05, 0.1) is 5.69 Å². The fraction of sp³-hybridized carbons (Fsp3) is 0.444. The molecule has 1 aliphatic heterocycles. The molecule has 0 radical (unpaired) electrons. The molecule has 128 valence electrons. The Hall–Kier alpha value is -2.50. The van der Waals surface area contributed by atoms with Crippen LogP contribution < -0.4 is 14.8 Å². The number of nitrogens with zero attached hydrogens (tertiary/aromatic N) is 2. The van der Waals surface area contributed by atoms with Crippen LogP contribution in [0.1, 0.15) is 28.9 Å². The van der Waals surface area contributed by atoms with Crippen LogP contribution >= 0.6 is 0 Å². The van der Waals surface area contributed by atoms with E-state index < -0.39 is 0 Å². The number of ether oxygens (including phenoxy) is 2. The van der Waals surface area contributed by atoms with Crippen LogP contribution in [0.25, 0.3) is 0 Å². The number of nitrogens with one attached hydrogen (secondary N) is 1. The molecular weight excluding hydrogens is 306 g/mol. The Bertz CT molecular complexity index is 752. The third-order valence-corrected chi connectivity index (χ3v) is 4.43. The molecule has 0 unspecified atom stereocenters. The second kappa shape index (κ2) is 6.95. The monoisotopic (exact) mass is 329 g/mol. The van der Waals surface area contributed by atoms with E-state index in [2.05, 4.69) is 10.4 Å². The number of amides is 1. The molecule has 3 rings (SSSR count). The quantitative estimate of drug-likeness (QED) is 0.881. The van der Waals surface area contributed by atoms with Gasteiger partial charge in [-0.25, -0.2) is 0 Å². The van der Waals surface area contributed by atoms with Crippen LogP contribution in [-0.2, 0) is 24.7 Å². The number of carbonyl (C=O) groups is 1. The zero-order valence-electron chi connectivity index (χ0n) is 14.4. The zero-order valence-corrected chi connectivity index (χ0v) is 14.4. The van der Waals surface area contributed by atoms with E-state index in [9.17, 15) is 4.79 Å². The first-order valence-electron chi connectivity index (χ1n) is 8.19. The molecule has 2 aromatic rings. The highest BCUT2D eigenvalue weighted by molar-refractivity contribution is 5.76. The molecule has 0 spiro atoms. The summed E-state index contributed by atoms with van der Waals surface area (Å²) in [7, 11) is 1.93. The topological polar surface area (TPSA) is 65.4 Å². The van der Waals surface area contributed by atoms with Gasteiger partial charge in [0.15, 0.2) is 11.5 Å². The van der Waals surface area contributed by atoms with E-state index in [0.29, 0.717) is 13.0 Å². The fourth-order valence-corrected chi connectivity index (χ4v) is 2.95. The van der Waals surface area contributed by atoms with Crippen molar-refractivity contribution in [2.75, 3.05) is 13.3 Å². The first kappa shape index (κ1) is 16.4. The molecule has 6 nitrogen and oxygen atoms in total. The Balaban J connectivity index is 1.44. The second-order valence-corrected chi connectivity index (χ2v) is 6.06. The summed E-state index contributed by atoms with van der Waals surface area (Å²) in [6, 6.07) is 5.88. The van der Waals surface area contributed by atoms with E-state index in [4.69, 9.17) is 9.47 Å². The third kappa shape index (κ3) is 3.53. The highest BCUT2D eigenvalue weighted by Crippen LogP contribution is 2.32. The molecule has 0 bridgehead atoms. The lowest BCUT2D eigenvalue weighted by Crippen LogP contribution is -2.26. The van der Waals surface area contributed by atoms with Gasteiger partial charge in [-0.2, -0.15) is 5.10 Å². The molecule has 0 saturated heterocycles. The van der Waals surface area contributed by atoms with Gasteiger partial charge >= 0.3 is 0 Å². The van der Waals surface area contributed by atoms with Crippen molar-refractivity contribution in [3.8, 4) is 11.5 Å². The highest BCUT2D eigenvalue weighted by atomic mass is 16.7. The summed E-state index contributed by atoms with van der Waals surface area (Å²) in [5.41, 5.74) is 4.42. The van der Waals surface area contributed by atoms with Crippen molar-refractivity contribution in [1.82, 2.24) is 15.1 Å². The van der Waals surface area contributed by atoms with Gasteiger partial charge in [-0.1, -0.05) is 6.07 Å². The Kier molecular flexibility index (Phi) is 4.74. The molecule has 2 heterocycles. The third-order valence-electron chi connectivity index (χ3n) is 4.43. The summed E-state index contributed by atoms with van der Waals surface area (Å²) in [4.78, 5) is 12.0. The van der Waals surface area contributed by atoms with E-state index >= 15 is 0 Å². The number of hydrogen-bond acceptors (Lipinski definition) is 4. The van der Waals surface area contributed by atoms with Crippen LogP contribution in [0.15, 0.2) is 18.2 Å². The van der Waals surface area contributed by atoms with Crippen molar-refractivity contribution in [2.24, 2.45) is 7.05 Å². The molecule has 0 fully saturated rings. The molecule has 6 heteroatoms. The number of fused-ring (bicyclic) bond motifs is 1. The lowest BCUT2D eigenvalue weighted by Gasteiger charge is -2.07. The summed E-state index contributed by atoms with van der Waals surface area (Å²) in [6.07, 6.45) is 1.98. The van der Waals surface area contributed by atoms with Gasteiger partial charge in [-0.3, -0.25) is 9.48 Å². The second-order valence-electron chi connectivity index (χ2n) is 6.06. The minimum absolute atomic E-state index is 0.0680. The van der Waals surface area contributed by atoms with Gasteiger partial charge in [-0.05, 0) is 49.9 Å². The molecule has 1 amide bonds. The van der Waals surface area contributed by atoms with Crippen molar-refractivity contribution < 1.29 is 14.3 Å². The Morgan fingerprint density at radius 1 is 1.25 bits per heavy atom. The molecule has 1 aromatic carbocycles. The first-order chi connectivity index (χ1) is 11.5. The van der Waals surface area contributed by atoms with E-state index in [0.717, 1.165) is 41.3 Å². The van der Waals surface area contributed by atoms with Gasteiger partial charge in [0, 0.05) is 25.7 Å². The average molecular weight is 329 g/mol. The number of aryl methyl sites for hydroxylation is 2. The molecule has 1 aliphatic rings. The first-order valence-corrected chi connectivity index (χ1v) is 8.19. The summed E-state index contributed by atoms with van der Waals surface area (Å²) >= 11 is 0. The zero-order chi connectivity index (χ0) is 17.1. The van der Waals surface area contributed by atoms with Gasteiger partial charge in [0.2, 0.25) is 12.7 Å². The van der Waals surface area contributed by atoms with Crippen LogP contribution in [0.3, 0.4) is 0 Å². The van der Waals surface area contributed by atoms with Crippen molar-refractivity contribution in [2.45, 2.75) is 33.1 Å². The van der Waals surface area contributed by atoms with E-state index in [-0.39, 0.29) is 12.7 Å². The Morgan fingerprint density at radius 3 is 2.79 bits per heavy atom. The smallest absolute Gasteiger partial charge is 0.231 e. The van der Waals surface area contributed by atoms with Crippen LogP contribution in [0.5, 0.6) is 11.5 Å². The van der Waals surface area contributed by atoms with Crippen LogP contribution in [0.4, 0.5) is 0 Å². The molecule has 0 atom stereocenters. The normalized spacial score (nSPS) is 12.5. The molecule has 0 saturated carbocycles. The summed E-state index contributed by atoms with van der Waals surface area (Å²) in [6.45, 7) is 4.92. The summed E-state index contributed by atoms with van der Waals surface area (Å²) in [5, 5.41) is 7.36. The van der Waals surface area contributed by atoms with E-state index in [1.807, 2.05) is 43.8 Å². The number of benzene rings is 1. The Labute approximate surface area is 141 Å². The number of hydrogen-bond donors (Lipinski definition) is 1. The number of rotatable bonds is 6. The highest BCUT2D eigenvalue weighted by Gasteiger charge is 2.14. The lowest BCUT2D eigenvalue weighted by atomic mass is 10.1. The molecule has 24 heavy (non-hydrogen) atoms. The van der Waals surface area contributed by atoms with Gasteiger partial charge in [0.1, 0.15) is 0 Å². The summed E-state index contributed by atoms with van der Waals surface area (Å²) < 4.78 is 12.5. The number of aromatic nitrogens is 2. The van der Waals surface area contributed by atoms with Crippen molar-refractivity contribution in [1.29, 1.82) is 0 Å². The predicted octanol–water partition coefficient (Wildman–Crippen LogP) is 2.06. The van der Waals surface area contributed by atoms with Crippen molar-refractivity contribution in [3.05, 3.63) is 40.7 Å². The maximum absolute atomic E-state index is 12.0. The maximum atomic E-state index is 12.0. The molecule has 0 aliphatic carbocycles. The van der Waals surface area contributed by atoms with Crippen molar-refractivity contribution in [3.63, 3.8) is 0 Å². The van der Waals surface area contributed by atoms with Gasteiger partial charge in [0.25, 0.3) is 0 Å². The van der Waals surface area contributed by atoms with Crippen LogP contribution in [0.2, 0.25) is 0 Å². The standard InChI is InChI=1S/C18H23N3O3/c1-12-15(13(2)21(3)20-12)5-7-18(22)19-9-8-14-4-6-16-17(10-14)24-11-23-16/h4,6,10H,5,7-9,11H2,1-3H3,(H,19,22). The van der Waals surface area contributed by atoms with E-state index in [1.54, 1.807) is 0 Å². The Morgan fingerprint density at radius 2 is 2.04 bits per heavy atom.